The molecule has 0 aliphatic carbocycles. The number of carbonyl (C=O) groups excluding carboxylic acids is 1. The zero-order chi connectivity index (χ0) is 9.61. The second-order valence-electron chi connectivity index (χ2n) is 2.99. The van der Waals surface area contributed by atoms with E-state index in [1.807, 2.05) is 19.8 Å². The first-order valence-corrected chi connectivity index (χ1v) is 3.97. The summed E-state index contributed by atoms with van der Waals surface area (Å²) in [7, 11) is 0. The van der Waals surface area contributed by atoms with E-state index in [2.05, 4.69) is 5.32 Å². The number of terminal acetylenes is 1. The van der Waals surface area contributed by atoms with Crippen molar-refractivity contribution in [1.82, 2.24) is 5.32 Å². The fourth-order valence-corrected chi connectivity index (χ4v) is 0.885. The number of hydrogen-bond donors (Lipinski definition) is 2. The number of carbonyl (C=O) groups is 1. The number of aliphatic hydroxyl groups excluding tert-OH is 1. The number of amides is 1. The molecule has 0 saturated heterocycles. The number of hydrogen-bond acceptors (Lipinski definition) is 2. The third kappa shape index (κ3) is 3.40. The lowest BCUT2D eigenvalue weighted by molar-refractivity contribution is -0.117. The summed E-state index contributed by atoms with van der Waals surface area (Å²) in [4.78, 5) is 10.8. The van der Waals surface area contributed by atoms with E-state index in [-0.39, 0.29) is 12.1 Å². The molecule has 0 fully saturated rings. The van der Waals surface area contributed by atoms with Crippen LogP contribution in [0, 0.1) is 12.3 Å². The molecule has 0 aromatic carbocycles. The second-order valence-corrected chi connectivity index (χ2v) is 2.99. The van der Waals surface area contributed by atoms with Crippen molar-refractivity contribution in [2.45, 2.75) is 32.2 Å². The molecule has 2 N–H and O–H groups in total. The maximum absolute atomic E-state index is 10.8. The lowest BCUT2D eigenvalue weighted by atomic mass is 9.95. The maximum Gasteiger partial charge on any atom is 0.296 e. The fraction of sp³-hybridized carbons (Fsp3) is 0.667. The topological polar surface area (TPSA) is 49.3 Å². The molecule has 68 valence electrons. The zero-order valence-electron chi connectivity index (χ0n) is 7.55. The summed E-state index contributed by atoms with van der Waals surface area (Å²) in [5.74, 6) is 1.56. The van der Waals surface area contributed by atoms with Crippen LogP contribution in [0.2, 0.25) is 0 Å². The molecular weight excluding hydrogens is 154 g/mol. The monoisotopic (exact) mass is 169 g/mol. The van der Waals surface area contributed by atoms with E-state index < -0.39 is 5.91 Å². The van der Waals surface area contributed by atoms with Crippen LogP contribution < -0.4 is 5.32 Å². The van der Waals surface area contributed by atoms with Crippen LogP contribution in [0.3, 0.4) is 0 Å². The molecule has 0 aliphatic heterocycles. The van der Waals surface area contributed by atoms with Gasteiger partial charge in [-0.3, -0.25) is 4.79 Å². The van der Waals surface area contributed by atoms with E-state index in [1.54, 1.807) is 0 Å². The predicted octanol–water partition coefficient (Wildman–Crippen LogP) is 0.287. The number of nitrogens with one attached hydrogen (secondary N) is 1. The van der Waals surface area contributed by atoms with Crippen LogP contribution in [-0.4, -0.2) is 23.2 Å². The largest absolute Gasteiger partial charge is 0.396 e. The Labute approximate surface area is 73.2 Å². The van der Waals surface area contributed by atoms with Gasteiger partial charge in [0.05, 0.1) is 0 Å². The summed E-state index contributed by atoms with van der Waals surface area (Å²) in [5.41, 5.74) is -0.377. The third-order valence-corrected chi connectivity index (χ3v) is 1.99. The average Bonchev–Trinajstić information content (AvgIpc) is 2.05. The summed E-state index contributed by atoms with van der Waals surface area (Å²) in [5, 5.41) is 11.4. The third-order valence-electron chi connectivity index (χ3n) is 1.99. The molecule has 0 heterocycles. The minimum atomic E-state index is -0.423. The van der Waals surface area contributed by atoms with Gasteiger partial charge in [-0.15, -0.1) is 6.42 Å². The molecule has 1 atom stereocenters. The van der Waals surface area contributed by atoms with E-state index in [0.717, 1.165) is 6.42 Å². The predicted molar refractivity (Wildman–Crippen MR) is 47.4 cm³/mol. The van der Waals surface area contributed by atoms with Gasteiger partial charge in [-0.2, -0.15) is 0 Å². The van der Waals surface area contributed by atoms with Gasteiger partial charge in [0.25, 0.3) is 5.91 Å². The van der Waals surface area contributed by atoms with Crippen LogP contribution in [0.25, 0.3) is 0 Å². The highest BCUT2D eigenvalue weighted by Gasteiger charge is 2.22. The lowest BCUT2D eigenvalue weighted by Gasteiger charge is -2.27. The highest BCUT2D eigenvalue weighted by atomic mass is 16.3. The van der Waals surface area contributed by atoms with Gasteiger partial charge in [0.1, 0.15) is 0 Å². The Morgan fingerprint density at radius 1 is 1.75 bits per heavy atom. The quantitative estimate of drug-likeness (QED) is 0.594. The normalized spacial score (nSPS) is 14.5. The van der Waals surface area contributed by atoms with Gasteiger partial charge in [-0.05, 0) is 25.7 Å². The van der Waals surface area contributed by atoms with Crippen molar-refractivity contribution < 1.29 is 9.90 Å². The molecule has 0 aliphatic rings. The van der Waals surface area contributed by atoms with Crippen LogP contribution >= 0.6 is 0 Å². The summed E-state index contributed by atoms with van der Waals surface area (Å²) in [6.45, 7) is 3.85. The molecular formula is C9H15NO2. The van der Waals surface area contributed by atoms with Crippen LogP contribution in [0.1, 0.15) is 26.7 Å². The smallest absolute Gasteiger partial charge is 0.296 e. The summed E-state index contributed by atoms with van der Waals surface area (Å²) >= 11 is 0. The van der Waals surface area contributed by atoms with Gasteiger partial charge < -0.3 is 10.4 Å². The van der Waals surface area contributed by atoms with Gasteiger partial charge in [0.2, 0.25) is 0 Å². The van der Waals surface area contributed by atoms with E-state index in [9.17, 15) is 4.79 Å². The molecule has 0 radical (unpaired) electrons. The minimum absolute atomic E-state index is 0.0508. The van der Waals surface area contributed by atoms with E-state index >= 15 is 0 Å². The van der Waals surface area contributed by atoms with Gasteiger partial charge in [0, 0.05) is 12.1 Å². The minimum Gasteiger partial charge on any atom is -0.396 e. The molecule has 3 heteroatoms. The van der Waals surface area contributed by atoms with Gasteiger partial charge >= 0.3 is 0 Å². The average molecular weight is 169 g/mol. The summed E-state index contributed by atoms with van der Waals surface area (Å²) in [6, 6.07) is 0. The molecule has 1 amide bonds. The van der Waals surface area contributed by atoms with Crippen molar-refractivity contribution in [3.63, 3.8) is 0 Å². The summed E-state index contributed by atoms with van der Waals surface area (Å²) in [6.07, 6.45) is 6.18. The first-order valence-electron chi connectivity index (χ1n) is 3.97. The van der Waals surface area contributed by atoms with Crippen molar-refractivity contribution in [3.8, 4) is 12.3 Å². The van der Waals surface area contributed by atoms with Crippen molar-refractivity contribution in [2.75, 3.05) is 6.61 Å². The second kappa shape index (κ2) is 4.78. The van der Waals surface area contributed by atoms with Crippen molar-refractivity contribution in [2.24, 2.45) is 0 Å². The molecule has 0 aromatic rings. The standard InChI is InChI=1S/C9H15NO2/c1-4-8(12)10-9(3,5-2)6-7-11/h1,11H,5-7H2,2-3H3,(H,10,12). The van der Waals surface area contributed by atoms with Crippen molar-refractivity contribution in [1.29, 1.82) is 0 Å². The Balaban J connectivity index is 4.15. The molecule has 0 rings (SSSR count). The van der Waals surface area contributed by atoms with Crippen LogP contribution in [0.15, 0.2) is 0 Å². The zero-order valence-corrected chi connectivity index (χ0v) is 7.55. The van der Waals surface area contributed by atoms with Crippen molar-refractivity contribution >= 4 is 5.91 Å². The van der Waals surface area contributed by atoms with Crippen molar-refractivity contribution in [3.05, 3.63) is 0 Å². The molecule has 0 spiro atoms. The molecule has 1 unspecified atom stereocenters. The number of aliphatic hydroxyl groups is 1. The van der Waals surface area contributed by atoms with Gasteiger partial charge in [-0.1, -0.05) is 6.92 Å². The highest BCUT2D eigenvalue weighted by molar-refractivity contribution is 5.93. The molecule has 0 aromatic heterocycles. The van der Waals surface area contributed by atoms with Gasteiger partial charge in [-0.25, -0.2) is 0 Å². The highest BCUT2D eigenvalue weighted by Crippen LogP contribution is 2.12. The Bertz CT molecular complexity index is 195. The number of rotatable bonds is 4. The Kier molecular flexibility index (Phi) is 4.38. The van der Waals surface area contributed by atoms with Gasteiger partial charge in [0.15, 0.2) is 0 Å². The molecule has 12 heavy (non-hydrogen) atoms. The summed E-state index contributed by atoms with van der Waals surface area (Å²) < 4.78 is 0. The van der Waals surface area contributed by atoms with Crippen LogP contribution in [0.4, 0.5) is 0 Å². The van der Waals surface area contributed by atoms with E-state index in [0.29, 0.717) is 6.42 Å². The lowest BCUT2D eigenvalue weighted by Crippen LogP contribution is -2.45. The van der Waals surface area contributed by atoms with Crippen LogP contribution in [-0.2, 0) is 4.79 Å². The molecule has 0 saturated carbocycles. The SMILES string of the molecule is C#CC(=O)NC(C)(CC)CCO. The van der Waals surface area contributed by atoms with Crippen LogP contribution in [0.5, 0.6) is 0 Å². The Morgan fingerprint density at radius 3 is 2.67 bits per heavy atom. The molecule has 0 bridgehead atoms. The first-order chi connectivity index (χ1) is 5.58. The Hall–Kier alpha value is -1.01. The van der Waals surface area contributed by atoms with E-state index in [1.165, 1.54) is 0 Å². The molecule has 3 nitrogen and oxygen atoms in total. The first kappa shape index (κ1) is 11.0. The van der Waals surface area contributed by atoms with E-state index in [4.69, 9.17) is 11.5 Å². The Morgan fingerprint density at radius 2 is 2.33 bits per heavy atom. The fourth-order valence-electron chi connectivity index (χ4n) is 0.885. The maximum atomic E-state index is 10.8.